The maximum absolute atomic E-state index is 5.95. The number of aromatic nitrogens is 3. The number of imidazole rings is 1. The van der Waals surface area contributed by atoms with Crippen molar-refractivity contribution in [1.82, 2.24) is 14.4 Å². The molecule has 0 aliphatic heterocycles. The zero-order valence-electron chi connectivity index (χ0n) is 7.24. The fraction of sp³-hybridized carbons (Fsp3) is 0.333. The highest BCUT2D eigenvalue weighted by molar-refractivity contribution is 9.10. The summed E-state index contributed by atoms with van der Waals surface area (Å²) < 4.78 is 2.95. The Balaban J connectivity index is 2.33. The second-order valence-corrected chi connectivity index (χ2v) is 4.58. The minimum absolute atomic E-state index is 0.458. The smallest absolute Gasteiger partial charge is 0.176 e. The average Bonchev–Trinajstić information content (AvgIpc) is 2.94. The van der Waals surface area contributed by atoms with Gasteiger partial charge in [0.05, 0.1) is 5.69 Å². The van der Waals surface area contributed by atoms with Gasteiger partial charge in [-0.05, 0) is 28.8 Å². The third kappa shape index (κ3) is 1.17. The van der Waals surface area contributed by atoms with Crippen LogP contribution in [0.3, 0.4) is 0 Å². The van der Waals surface area contributed by atoms with E-state index in [1.807, 2.05) is 10.6 Å². The molecule has 2 heterocycles. The first-order valence-electron chi connectivity index (χ1n) is 4.45. The number of hydrogen-bond donors (Lipinski definition) is 0. The van der Waals surface area contributed by atoms with Gasteiger partial charge < -0.3 is 0 Å². The lowest BCUT2D eigenvalue weighted by molar-refractivity contribution is 1.03. The van der Waals surface area contributed by atoms with Crippen LogP contribution in [-0.4, -0.2) is 14.4 Å². The van der Waals surface area contributed by atoms with E-state index in [2.05, 4.69) is 25.9 Å². The Morgan fingerprint density at radius 3 is 2.93 bits per heavy atom. The molecule has 3 nitrogen and oxygen atoms in total. The molecule has 5 heteroatoms. The Bertz CT molecular complexity index is 504. The van der Waals surface area contributed by atoms with Crippen LogP contribution in [0.2, 0.25) is 5.15 Å². The molecule has 0 radical (unpaired) electrons. The largest absolute Gasteiger partial charge is 0.290 e. The summed E-state index contributed by atoms with van der Waals surface area (Å²) in [5, 5.41) is 0.458. The Hall–Kier alpha value is -0.610. The standard InChI is InChI=1S/C9H7BrClN3/c10-7-6(5-1-2-5)13-9-8(11)12-3-4-14(7)9/h3-5H,1-2H2. The topological polar surface area (TPSA) is 30.2 Å². The van der Waals surface area contributed by atoms with Crippen molar-refractivity contribution in [2.45, 2.75) is 18.8 Å². The minimum atomic E-state index is 0.458. The predicted molar refractivity (Wildman–Crippen MR) is 57.7 cm³/mol. The van der Waals surface area contributed by atoms with Crippen LogP contribution in [0, 0.1) is 0 Å². The summed E-state index contributed by atoms with van der Waals surface area (Å²) in [5.74, 6) is 0.611. The van der Waals surface area contributed by atoms with E-state index in [4.69, 9.17) is 11.6 Å². The number of nitrogens with zero attached hydrogens (tertiary/aromatic N) is 3. The van der Waals surface area contributed by atoms with Gasteiger partial charge in [0.1, 0.15) is 4.60 Å². The van der Waals surface area contributed by atoms with Crippen LogP contribution in [0.5, 0.6) is 0 Å². The van der Waals surface area contributed by atoms with Crippen molar-refractivity contribution in [1.29, 1.82) is 0 Å². The van der Waals surface area contributed by atoms with E-state index in [9.17, 15) is 0 Å². The second kappa shape index (κ2) is 2.94. The van der Waals surface area contributed by atoms with Gasteiger partial charge in [0, 0.05) is 18.3 Å². The number of rotatable bonds is 1. The molecule has 3 rings (SSSR count). The Kier molecular flexibility index (Phi) is 1.82. The van der Waals surface area contributed by atoms with Gasteiger partial charge in [0.15, 0.2) is 10.8 Å². The SMILES string of the molecule is Clc1nccn2c(Br)c(C3CC3)nc12. The predicted octanol–water partition coefficient (Wildman–Crippen LogP) is 3.02. The monoisotopic (exact) mass is 271 g/mol. The van der Waals surface area contributed by atoms with Gasteiger partial charge in [-0.15, -0.1) is 0 Å². The van der Waals surface area contributed by atoms with Gasteiger partial charge >= 0.3 is 0 Å². The molecule has 0 bridgehead atoms. The van der Waals surface area contributed by atoms with Crippen molar-refractivity contribution in [3.63, 3.8) is 0 Å². The summed E-state index contributed by atoms with van der Waals surface area (Å²) in [6, 6.07) is 0. The van der Waals surface area contributed by atoms with Crippen molar-refractivity contribution >= 4 is 33.2 Å². The molecule has 0 aromatic carbocycles. The lowest BCUT2D eigenvalue weighted by atomic mass is 10.3. The van der Waals surface area contributed by atoms with E-state index < -0.39 is 0 Å². The van der Waals surface area contributed by atoms with Crippen molar-refractivity contribution < 1.29 is 0 Å². The van der Waals surface area contributed by atoms with Crippen LogP contribution in [0.15, 0.2) is 17.0 Å². The lowest BCUT2D eigenvalue weighted by Gasteiger charge is -1.94. The summed E-state index contributed by atoms with van der Waals surface area (Å²) in [4.78, 5) is 8.50. The van der Waals surface area contributed by atoms with Crippen molar-refractivity contribution in [2.24, 2.45) is 0 Å². The Morgan fingerprint density at radius 2 is 2.29 bits per heavy atom. The summed E-state index contributed by atoms with van der Waals surface area (Å²) in [7, 11) is 0. The fourth-order valence-corrected chi connectivity index (χ4v) is 2.44. The molecular weight excluding hydrogens is 265 g/mol. The molecule has 2 aromatic rings. The van der Waals surface area contributed by atoms with Crippen LogP contribution >= 0.6 is 27.5 Å². The summed E-state index contributed by atoms with van der Waals surface area (Å²) in [6.45, 7) is 0. The summed E-state index contributed by atoms with van der Waals surface area (Å²) in [5.41, 5.74) is 1.85. The molecule has 0 spiro atoms. The average molecular weight is 273 g/mol. The molecule has 72 valence electrons. The van der Waals surface area contributed by atoms with E-state index in [1.54, 1.807) is 6.20 Å². The zero-order chi connectivity index (χ0) is 9.71. The molecule has 0 saturated heterocycles. The highest BCUT2D eigenvalue weighted by Gasteiger charge is 2.29. The number of fused-ring (bicyclic) bond motifs is 1. The first-order chi connectivity index (χ1) is 6.77. The maximum atomic E-state index is 5.95. The van der Waals surface area contributed by atoms with Gasteiger partial charge in [-0.25, -0.2) is 9.97 Å². The molecular formula is C9H7BrClN3. The molecule has 1 saturated carbocycles. The van der Waals surface area contributed by atoms with Gasteiger partial charge in [0.2, 0.25) is 0 Å². The molecule has 0 unspecified atom stereocenters. The number of halogens is 2. The third-order valence-electron chi connectivity index (χ3n) is 2.43. The summed E-state index contributed by atoms with van der Waals surface area (Å²) in [6.07, 6.45) is 6.00. The van der Waals surface area contributed by atoms with Crippen LogP contribution in [-0.2, 0) is 0 Å². The molecule has 0 atom stereocenters. The fourth-order valence-electron chi connectivity index (χ4n) is 1.55. The van der Waals surface area contributed by atoms with Gasteiger partial charge in [-0.2, -0.15) is 0 Å². The van der Waals surface area contributed by atoms with Crippen molar-refractivity contribution in [3.05, 3.63) is 27.8 Å². The van der Waals surface area contributed by atoms with E-state index in [0.717, 1.165) is 15.9 Å². The lowest BCUT2D eigenvalue weighted by Crippen LogP contribution is -1.86. The molecule has 2 aromatic heterocycles. The van der Waals surface area contributed by atoms with Crippen molar-refractivity contribution in [2.75, 3.05) is 0 Å². The van der Waals surface area contributed by atoms with Crippen LogP contribution in [0.25, 0.3) is 5.65 Å². The van der Waals surface area contributed by atoms with Gasteiger partial charge in [-0.3, -0.25) is 4.40 Å². The Labute approximate surface area is 94.2 Å². The molecule has 1 aliphatic carbocycles. The zero-order valence-corrected chi connectivity index (χ0v) is 9.59. The van der Waals surface area contributed by atoms with Crippen LogP contribution in [0.4, 0.5) is 0 Å². The van der Waals surface area contributed by atoms with E-state index in [0.29, 0.717) is 11.1 Å². The van der Waals surface area contributed by atoms with Gasteiger partial charge in [0.25, 0.3) is 0 Å². The van der Waals surface area contributed by atoms with E-state index in [-0.39, 0.29) is 0 Å². The molecule has 0 N–H and O–H groups in total. The third-order valence-corrected chi connectivity index (χ3v) is 3.48. The summed E-state index contributed by atoms with van der Waals surface area (Å²) >= 11 is 9.49. The van der Waals surface area contributed by atoms with Crippen molar-refractivity contribution in [3.8, 4) is 0 Å². The minimum Gasteiger partial charge on any atom is -0.290 e. The van der Waals surface area contributed by atoms with Crippen LogP contribution < -0.4 is 0 Å². The highest BCUT2D eigenvalue weighted by Crippen LogP contribution is 2.43. The number of hydrogen-bond acceptors (Lipinski definition) is 2. The van der Waals surface area contributed by atoms with Crippen LogP contribution in [0.1, 0.15) is 24.5 Å². The van der Waals surface area contributed by atoms with E-state index in [1.165, 1.54) is 12.8 Å². The molecule has 0 amide bonds. The first-order valence-corrected chi connectivity index (χ1v) is 5.62. The first kappa shape index (κ1) is 8.68. The second-order valence-electron chi connectivity index (χ2n) is 3.47. The van der Waals surface area contributed by atoms with Gasteiger partial charge in [-0.1, -0.05) is 11.6 Å². The molecule has 1 fully saturated rings. The quantitative estimate of drug-likeness (QED) is 0.799. The highest BCUT2D eigenvalue weighted by atomic mass is 79.9. The normalized spacial score (nSPS) is 16.4. The van der Waals surface area contributed by atoms with E-state index >= 15 is 0 Å². The molecule has 1 aliphatic rings. The molecule has 14 heavy (non-hydrogen) atoms. The Morgan fingerprint density at radius 1 is 1.50 bits per heavy atom. The maximum Gasteiger partial charge on any atom is 0.176 e.